The average Bonchev–Trinajstić information content (AvgIpc) is 3.64. The Hall–Kier alpha value is -3.34. The van der Waals surface area contributed by atoms with Gasteiger partial charge in [0.15, 0.2) is 0 Å². The quantitative estimate of drug-likeness (QED) is 0.168. The standard InChI is InChI=1S/C35H43ClN2O7/c1-3-43-33-18-34(29(36)17-23(33)19-37-30(21-39)35(41)42)45-32-12-11-27-26(8-4-9-28(27)32)25-7-5-10-31(22(25)2)44-16-6-14-38-15-13-24(40)20-38/h4-5,7-10,17-18,24,30,32,37,39-40H,3,6,11-16,19-21H2,1-2H3,(H,41,42)/t24-,30?,32+/m1/s1. The molecule has 1 unspecified atom stereocenters. The summed E-state index contributed by atoms with van der Waals surface area (Å²) >= 11 is 6.68. The molecular formula is C35H43ClN2O7. The van der Waals surface area contributed by atoms with Crippen LogP contribution >= 0.6 is 11.6 Å². The number of nitrogens with zero attached hydrogens (tertiary/aromatic N) is 1. The van der Waals surface area contributed by atoms with E-state index in [-0.39, 0.29) is 18.8 Å². The number of hydrogen-bond acceptors (Lipinski definition) is 8. The van der Waals surface area contributed by atoms with Crippen molar-refractivity contribution in [3.8, 4) is 28.4 Å². The van der Waals surface area contributed by atoms with Gasteiger partial charge in [0.05, 0.1) is 30.9 Å². The summed E-state index contributed by atoms with van der Waals surface area (Å²) in [7, 11) is 0. The number of aliphatic carboxylic acids is 1. The van der Waals surface area contributed by atoms with E-state index in [2.05, 4.69) is 41.4 Å². The van der Waals surface area contributed by atoms with Crippen LogP contribution in [0.3, 0.4) is 0 Å². The highest BCUT2D eigenvalue weighted by molar-refractivity contribution is 6.32. The van der Waals surface area contributed by atoms with Gasteiger partial charge in [-0.15, -0.1) is 0 Å². The number of likely N-dealkylation sites (tertiary alicyclic amines) is 1. The lowest BCUT2D eigenvalue weighted by Gasteiger charge is -2.20. The second kappa shape index (κ2) is 15.3. The Balaban J connectivity index is 1.30. The molecule has 5 rings (SSSR count). The summed E-state index contributed by atoms with van der Waals surface area (Å²) < 4.78 is 18.6. The molecule has 0 spiro atoms. The maximum Gasteiger partial charge on any atom is 0.323 e. The molecule has 1 heterocycles. The van der Waals surface area contributed by atoms with Crippen LogP contribution in [0.4, 0.5) is 0 Å². The minimum atomic E-state index is -1.13. The van der Waals surface area contributed by atoms with Gasteiger partial charge in [-0.2, -0.15) is 0 Å². The molecule has 45 heavy (non-hydrogen) atoms. The Kier molecular flexibility index (Phi) is 11.2. The molecule has 3 aromatic rings. The van der Waals surface area contributed by atoms with Crippen LogP contribution in [0.25, 0.3) is 11.1 Å². The number of β-amino-alcohol motifs (C(OH)–C–C–N with tert-alkyl or cyclic N) is 1. The van der Waals surface area contributed by atoms with Gasteiger partial charge < -0.3 is 34.4 Å². The molecule has 1 aliphatic carbocycles. The fourth-order valence-corrected chi connectivity index (χ4v) is 6.48. The smallest absolute Gasteiger partial charge is 0.323 e. The second-order valence-electron chi connectivity index (χ2n) is 11.7. The van der Waals surface area contributed by atoms with Crippen LogP contribution in [-0.2, 0) is 17.8 Å². The number of carboxylic acid groups (broad SMARTS) is 1. The van der Waals surface area contributed by atoms with Crippen molar-refractivity contribution in [2.45, 2.75) is 64.3 Å². The zero-order chi connectivity index (χ0) is 31.9. The number of benzene rings is 3. The van der Waals surface area contributed by atoms with Crippen LogP contribution in [0.1, 0.15) is 54.5 Å². The molecule has 0 bridgehead atoms. The number of nitrogens with one attached hydrogen (secondary N) is 1. The largest absolute Gasteiger partial charge is 0.493 e. The Morgan fingerprint density at radius 3 is 2.62 bits per heavy atom. The Bertz CT molecular complexity index is 1480. The van der Waals surface area contributed by atoms with Crippen LogP contribution < -0.4 is 19.5 Å². The van der Waals surface area contributed by atoms with Crippen molar-refractivity contribution in [1.82, 2.24) is 10.2 Å². The van der Waals surface area contributed by atoms with Gasteiger partial charge in [-0.25, -0.2) is 0 Å². The summed E-state index contributed by atoms with van der Waals surface area (Å²) in [5.74, 6) is 0.796. The molecule has 1 aliphatic heterocycles. The second-order valence-corrected chi connectivity index (χ2v) is 12.1. The number of hydrogen-bond donors (Lipinski definition) is 4. The van der Waals surface area contributed by atoms with Gasteiger partial charge in [-0.1, -0.05) is 41.9 Å². The maximum atomic E-state index is 11.3. The van der Waals surface area contributed by atoms with Crippen molar-refractivity contribution >= 4 is 17.6 Å². The van der Waals surface area contributed by atoms with E-state index in [1.54, 1.807) is 12.1 Å². The number of carbonyl (C=O) groups is 1. The van der Waals surface area contributed by atoms with Crippen LogP contribution in [0.15, 0.2) is 48.5 Å². The molecule has 0 radical (unpaired) electrons. The summed E-state index contributed by atoms with van der Waals surface area (Å²) in [6.07, 6.45) is 3.03. The lowest BCUT2D eigenvalue weighted by Crippen LogP contribution is -2.39. The first kappa shape index (κ1) is 33.0. The molecule has 3 atom stereocenters. The molecule has 1 fully saturated rings. The van der Waals surface area contributed by atoms with E-state index in [1.807, 2.05) is 19.1 Å². The first-order chi connectivity index (χ1) is 21.8. The maximum absolute atomic E-state index is 11.3. The van der Waals surface area contributed by atoms with Crippen molar-refractivity contribution in [3.63, 3.8) is 0 Å². The highest BCUT2D eigenvalue weighted by atomic mass is 35.5. The number of ether oxygens (including phenoxy) is 3. The predicted molar refractivity (Wildman–Crippen MR) is 173 cm³/mol. The van der Waals surface area contributed by atoms with E-state index in [1.165, 1.54) is 11.1 Å². The monoisotopic (exact) mass is 638 g/mol. The summed E-state index contributed by atoms with van der Waals surface area (Å²) in [6.45, 7) is 7.27. The SMILES string of the molecule is CCOc1cc(O[C@H]2CCc3c(-c4cccc(OCCCN5CC[C@@H](O)C5)c4C)cccc32)c(Cl)cc1CNC(CO)C(=O)O. The molecule has 0 aromatic heterocycles. The summed E-state index contributed by atoms with van der Waals surface area (Å²) in [4.78, 5) is 13.6. The lowest BCUT2D eigenvalue weighted by molar-refractivity contribution is -0.140. The lowest BCUT2D eigenvalue weighted by atomic mass is 9.93. The van der Waals surface area contributed by atoms with Gasteiger partial charge in [0, 0.05) is 37.8 Å². The number of fused-ring (bicyclic) bond motifs is 1. The van der Waals surface area contributed by atoms with Crippen LogP contribution in [0.5, 0.6) is 17.2 Å². The molecule has 3 aromatic carbocycles. The Morgan fingerprint density at radius 2 is 1.89 bits per heavy atom. The number of halogens is 1. The number of rotatable bonds is 15. The Morgan fingerprint density at radius 1 is 1.09 bits per heavy atom. The minimum absolute atomic E-state index is 0.160. The molecular weight excluding hydrogens is 596 g/mol. The first-order valence-corrected chi connectivity index (χ1v) is 16.1. The van der Waals surface area contributed by atoms with Gasteiger partial charge in [-0.05, 0) is 79.5 Å². The third kappa shape index (κ3) is 7.91. The van der Waals surface area contributed by atoms with Crippen molar-refractivity contribution in [3.05, 3.63) is 75.8 Å². The molecule has 2 aliphatic rings. The fraction of sp³-hybridized carbons (Fsp3) is 0.457. The zero-order valence-corrected chi connectivity index (χ0v) is 26.7. The number of carboxylic acids is 1. The van der Waals surface area contributed by atoms with Gasteiger partial charge in [-0.3, -0.25) is 10.1 Å². The van der Waals surface area contributed by atoms with Gasteiger partial charge in [0.25, 0.3) is 0 Å². The van der Waals surface area contributed by atoms with E-state index in [0.717, 1.165) is 67.8 Å². The van der Waals surface area contributed by atoms with E-state index in [9.17, 15) is 20.1 Å². The highest BCUT2D eigenvalue weighted by Gasteiger charge is 2.28. The summed E-state index contributed by atoms with van der Waals surface area (Å²) in [5, 5.41) is 31.6. The minimum Gasteiger partial charge on any atom is -0.493 e. The molecule has 10 heteroatoms. The summed E-state index contributed by atoms with van der Waals surface area (Å²) in [5.41, 5.74) is 6.47. The number of aliphatic hydroxyl groups excluding tert-OH is 2. The molecule has 0 saturated carbocycles. The van der Waals surface area contributed by atoms with Gasteiger partial charge >= 0.3 is 5.97 Å². The molecule has 9 nitrogen and oxygen atoms in total. The Labute approximate surface area is 269 Å². The fourth-order valence-electron chi connectivity index (χ4n) is 6.25. The molecule has 0 amide bonds. The van der Waals surface area contributed by atoms with Crippen molar-refractivity contribution in [2.24, 2.45) is 0 Å². The van der Waals surface area contributed by atoms with Crippen LogP contribution in [-0.4, -0.2) is 77.8 Å². The highest BCUT2D eigenvalue weighted by Crippen LogP contribution is 2.44. The van der Waals surface area contributed by atoms with Crippen molar-refractivity contribution < 1.29 is 34.3 Å². The molecule has 1 saturated heterocycles. The zero-order valence-electron chi connectivity index (χ0n) is 25.9. The third-order valence-electron chi connectivity index (χ3n) is 8.62. The topological polar surface area (TPSA) is 121 Å². The van der Waals surface area contributed by atoms with E-state index in [4.69, 9.17) is 25.8 Å². The van der Waals surface area contributed by atoms with Crippen LogP contribution in [0, 0.1) is 6.92 Å². The molecule has 242 valence electrons. The summed E-state index contributed by atoms with van der Waals surface area (Å²) in [6, 6.07) is 14.9. The normalized spacial score (nSPS) is 18.5. The van der Waals surface area contributed by atoms with Crippen molar-refractivity contribution in [2.75, 3.05) is 39.5 Å². The van der Waals surface area contributed by atoms with Crippen molar-refractivity contribution in [1.29, 1.82) is 0 Å². The predicted octanol–water partition coefficient (Wildman–Crippen LogP) is 5.15. The average molecular weight is 639 g/mol. The van der Waals surface area contributed by atoms with Gasteiger partial charge in [0.1, 0.15) is 29.4 Å². The van der Waals surface area contributed by atoms with Gasteiger partial charge in [0.2, 0.25) is 0 Å². The van der Waals surface area contributed by atoms with E-state index < -0.39 is 18.6 Å². The number of aliphatic hydroxyl groups is 2. The first-order valence-electron chi connectivity index (χ1n) is 15.7. The van der Waals surface area contributed by atoms with E-state index >= 15 is 0 Å². The van der Waals surface area contributed by atoms with Crippen LogP contribution in [0.2, 0.25) is 5.02 Å². The third-order valence-corrected chi connectivity index (χ3v) is 8.91. The van der Waals surface area contributed by atoms with E-state index in [0.29, 0.717) is 35.3 Å². The molecule has 4 N–H and O–H groups in total.